The second kappa shape index (κ2) is 6.50. The second-order valence-corrected chi connectivity index (χ2v) is 7.26. The molecule has 2 atom stereocenters. The van der Waals surface area contributed by atoms with Crippen LogP contribution in [0.15, 0.2) is 30.3 Å². The third-order valence-corrected chi connectivity index (χ3v) is 5.35. The lowest BCUT2D eigenvalue weighted by Crippen LogP contribution is -2.47. The summed E-state index contributed by atoms with van der Waals surface area (Å²) < 4.78 is 0. The summed E-state index contributed by atoms with van der Waals surface area (Å²) in [4.78, 5) is 2.74. The van der Waals surface area contributed by atoms with Crippen LogP contribution in [0.2, 0.25) is 0 Å². The van der Waals surface area contributed by atoms with E-state index in [1.54, 1.807) is 0 Å². The van der Waals surface area contributed by atoms with Crippen molar-refractivity contribution in [3.63, 3.8) is 0 Å². The van der Waals surface area contributed by atoms with Gasteiger partial charge in [0.2, 0.25) is 0 Å². The highest BCUT2D eigenvalue weighted by Gasteiger charge is 2.35. The van der Waals surface area contributed by atoms with E-state index in [0.717, 1.165) is 18.6 Å². The van der Waals surface area contributed by atoms with Crippen LogP contribution in [0.25, 0.3) is 0 Å². The highest BCUT2D eigenvalue weighted by atomic mass is 15.2. The Morgan fingerprint density at radius 2 is 1.95 bits per heavy atom. The van der Waals surface area contributed by atoms with E-state index in [2.05, 4.69) is 54.4 Å². The largest absolute Gasteiger partial charge is 0.313 e. The van der Waals surface area contributed by atoms with Crippen LogP contribution in [-0.4, -0.2) is 36.6 Å². The molecule has 2 nitrogen and oxygen atoms in total. The fourth-order valence-corrected chi connectivity index (χ4v) is 3.76. The molecule has 2 fully saturated rings. The van der Waals surface area contributed by atoms with E-state index < -0.39 is 0 Å². The molecule has 1 heterocycles. The molecule has 1 aliphatic heterocycles. The summed E-state index contributed by atoms with van der Waals surface area (Å²) in [7, 11) is 0. The molecule has 0 bridgehead atoms. The van der Waals surface area contributed by atoms with Gasteiger partial charge in [0.1, 0.15) is 0 Å². The van der Waals surface area contributed by atoms with Crippen LogP contribution >= 0.6 is 0 Å². The number of likely N-dealkylation sites (tertiary alicyclic amines) is 1. The maximum Gasteiger partial charge on any atom is 0.0177 e. The van der Waals surface area contributed by atoms with Crippen molar-refractivity contribution in [1.82, 2.24) is 10.2 Å². The summed E-state index contributed by atoms with van der Waals surface area (Å²) in [5.41, 5.74) is 1.71. The van der Waals surface area contributed by atoms with Gasteiger partial charge in [0.15, 0.2) is 0 Å². The van der Waals surface area contributed by atoms with E-state index in [0.29, 0.717) is 0 Å². The summed E-state index contributed by atoms with van der Waals surface area (Å²) in [5.74, 6) is 0. The Hall–Kier alpha value is -0.860. The summed E-state index contributed by atoms with van der Waals surface area (Å²) in [6.45, 7) is 8.36. The van der Waals surface area contributed by atoms with Crippen LogP contribution < -0.4 is 5.32 Å². The first kappa shape index (κ1) is 15.1. The Bertz CT molecular complexity index is 440. The van der Waals surface area contributed by atoms with Crippen molar-refractivity contribution in [2.75, 3.05) is 19.6 Å². The predicted molar refractivity (Wildman–Crippen MR) is 89.7 cm³/mol. The topological polar surface area (TPSA) is 15.3 Å². The minimum atomic E-state index is 0.224. The van der Waals surface area contributed by atoms with E-state index in [9.17, 15) is 0 Å². The number of benzene rings is 1. The van der Waals surface area contributed by atoms with Gasteiger partial charge >= 0.3 is 0 Å². The smallest absolute Gasteiger partial charge is 0.0177 e. The third kappa shape index (κ3) is 3.67. The van der Waals surface area contributed by atoms with Gasteiger partial charge in [-0.1, -0.05) is 44.2 Å². The van der Waals surface area contributed by atoms with Gasteiger partial charge in [0, 0.05) is 30.6 Å². The molecule has 2 unspecified atom stereocenters. The predicted octanol–water partition coefficient (Wildman–Crippen LogP) is 3.57. The molecule has 1 aromatic carbocycles. The lowest BCUT2D eigenvalue weighted by molar-refractivity contribution is 0.192. The highest BCUT2D eigenvalue weighted by Crippen LogP contribution is 2.30. The van der Waals surface area contributed by atoms with Crippen LogP contribution in [-0.2, 0) is 5.41 Å². The second-order valence-electron chi connectivity index (χ2n) is 7.26. The van der Waals surface area contributed by atoms with Gasteiger partial charge in [-0.05, 0) is 44.2 Å². The molecule has 21 heavy (non-hydrogen) atoms. The van der Waals surface area contributed by atoms with Crippen molar-refractivity contribution in [1.29, 1.82) is 0 Å². The zero-order valence-corrected chi connectivity index (χ0v) is 13.6. The zero-order chi connectivity index (χ0) is 14.7. The number of rotatable bonds is 7. The molecule has 0 aromatic heterocycles. The van der Waals surface area contributed by atoms with Crippen molar-refractivity contribution in [2.24, 2.45) is 0 Å². The van der Waals surface area contributed by atoms with Gasteiger partial charge in [-0.25, -0.2) is 0 Å². The Kier molecular flexibility index (Phi) is 4.66. The molecular weight excluding hydrogens is 256 g/mol. The van der Waals surface area contributed by atoms with Crippen LogP contribution in [0.3, 0.4) is 0 Å². The van der Waals surface area contributed by atoms with Crippen LogP contribution in [0.5, 0.6) is 0 Å². The van der Waals surface area contributed by atoms with Crippen molar-refractivity contribution >= 4 is 0 Å². The average molecular weight is 286 g/mol. The Morgan fingerprint density at radius 1 is 1.19 bits per heavy atom. The summed E-state index contributed by atoms with van der Waals surface area (Å²) >= 11 is 0. The summed E-state index contributed by atoms with van der Waals surface area (Å²) in [6.07, 6.45) is 6.79. The van der Waals surface area contributed by atoms with Gasteiger partial charge in [0.05, 0.1) is 0 Å². The minimum Gasteiger partial charge on any atom is -0.313 e. The minimum absolute atomic E-state index is 0.224. The third-order valence-electron chi connectivity index (χ3n) is 5.35. The Labute approximate surface area is 129 Å². The highest BCUT2D eigenvalue weighted by molar-refractivity contribution is 5.26. The molecule has 0 spiro atoms. The molecular formula is C19H30N2. The van der Waals surface area contributed by atoms with Crippen molar-refractivity contribution in [3.8, 4) is 0 Å². The monoisotopic (exact) mass is 286 g/mol. The lowest BCUT2D eigenvalue weighted by atomic mass is 9.81. The van der Waals surface area contributed by atoms with Gasteiger partial charge in [-0.3, -0.25) is 4.90 Å². The normalized spacial score (nSPS) is 25.9. The molecule has 3 rings (SSSR count). The Balaban J connectivity index is 1.74. The van der Waals surface area contributed by atoms with Crippen molar-refractivity contribution in [3.05, 3.63) is 35.9 Å². The molecule has 2 aliphatic rings. The van der Waals surface area contributed by atoms with E-state index >= 15 is 0 Å². The maximum absolute atomic E-state index is 3.78. The molecule has 1 N–H and O–H groups in total. The van der Waals surface area contributed by atoms with E-state index in [1.165, 1.54) is 50.8 Å². The SMILES string of the molecule is CCC1CCCN1CC(C)(CNC1CC1)c1ccccc1. The first-order valence-electron chi connectivity index (χ1n) is 8.74. The van der Waals surface area contributed by atoms with Crippen molar-refractivity contribution in [2.45, 2.75) is 63.5 Å². The first-order valence-corrected chi connectivity index (χ1v) is 8.74. The van der Waals surface area contributed by atoms with Crippen LogP contribution in [0.4, 0.5) is 0 Å². The van der Waals surface area contributed by atoms with Gasteiger partial charge < -0.3 is 5.32 Å². The molecule has 0 radical (unpaired) electrons. The van der Waals surface area contributed by atoms with E-state index in [1.807, 2.05) is 0 Å². The molecule has 2 heteroatoms. The maximum atomic E-state index is 3.78. The molecule has 0 amide bonds. The van der Waals surface area contributed by atoms with Crippen molar-refractivity contribution < 1.29 is 0 Å². The molecule has 1 aliphatic carbocycles. The fourth-order valence-electron chi connectivity index (χ4n) is 3.76. The number of nitrogens with zero attached hydrogens (tertiary/aromatic N) is 1. The molecule has 1 aromatic rings. The fraction of sp³-hybridized carbons (Fsp3) is 0.684. The molecule has 1 saturated carbocycles. The lowest BCUT2D eigenvalue weighted by Gasteiger charge is -2.37. The standard InChI is InChI=1S/C19H30N2/c1-3-18-10-7-13-21(18)15-19(2,14-20-17-11-12-17)16-8-5-4-6-9-16/h4-6,8-9,17-18,20H,3,7,10-15H2,1-2H3. The number of nitrogens with one attached hydrogen (secondary N) is 1. The van der Waals surface area contributed by atoms with Gasteiger partial charge in [0.25, 0.3) is 0 Å². The Morgan fingerprint density at radius 3 is 2.62 bits per heavy atom. The molecule has 1 saturated heterocycles. The van der Waals surface area contributed by atoms with E-state index in [-0.39, 0.29) is 5.41 Å². The summed E-state index contributed by atoms with van der Waals surface area (Å²) in [5, 5.41) is 3.78. The number of hydrogen-bond donors (Lipinski definition) is 1. The average Bonchev–Trinajstić information content (AvgIpc) is 3.25. The quantitative estimate of drug-likeness (QED) is 0.824. The zero-order valence-electron chi connectivity index (χ0n) is 13.6. The van der Waals surface area contributed by atoms with E-state index in [4.69, 9.17) is 0 Å². The molecule has 116 valence electrons. The van der Waals surface area contributed by atoms with Crippen LogP contribution in [0.1, 0.15) is 51.5 Å². The van der Waals surface area contributed by atoms with Crippen LogP contribution in [0, 0.1) is 0 Å². The summed E-state index contributed by atoms with van der Waals surface area (Å²) in [6, 6.07) is 12.7. The van der Waals surface area contributed by atoms with Gasteiger partial charge in [-0.15, -0.1) is 0 Å². The number of hydrogen-bond acceptors (Lipinski definition) is 2. The first-order chi connectivity index (χ1) is 10.2. The van der Waals surface area contributed by atoms with Gasteiger partial charge in [-0.2, -0.15) is 0 Å².